The van der Waals surface area contributed by atoms with Crippen molar-refractivity contribution in [2.75, 3.05) is 13.7 Å². The number of carbonyl (C=O) groups is 1. The normalized spacial score (nSPS) is 19.2. The van der Waals surface area contributed by atoms with Crippen LogP contribution in [0.1, 0.15) is 30.0 Å². The number of para-hydroxylation sites is 1. The molecule has 4 nitrogen and oxygen atoms in total. The Morgan fingerprint density at radius 3 is 2.79 bits per heavy atom. The third-order valence-corrected chi connectivity index (χ3v) is 4.74. The van der Waals surface area contributed by atoms with E-state index in [1.54, 1.807) is 7.11 Å². The van der Waals surface area contributed by atoms with Crippen LogP contribution in [0.3, 0.4) is 0 Å². The fraction of sp³-hybridized carbons (Fsp3) is 0.316. The molecule has 0 radical (unpaired) electrons. The number of carboxylic acids is 1. The Morgan fingerprint density at radius 1 is 1.29 bits per heavy atom. The predicted molar refractivity (Wildman–Crippen MR) is 93.7 cm³/mol. The van der Waals surface area contributed by atoms with Gasteiger partial charge in [-0.2, -0.15) is 0 Å². The minimum Gasteiger partial charge on any atom is -0.496 e. The van der Waals surface area contributed by atoms with E-state index in [2.05, 4.69) is 0 Å². The number of ether oxygens (including phenoxy) is 1. The fourth-order valence-corrected chi connectivity index (χ4v) is 3.68. The molecule has 1 heterocycles. The predicted octanol–water partition coefficient (Wildman–Crippen LogP) is 3.99. The monoisotopic (exact) mass is 345 g/mol. The first-order valence-electron chi connectivity index (χ1n) is 7.98. The number of hydrogen-bond donors (Lipinski definition) is 1. The molecule has 1 aliphatic heterocycles. The zero-order chi connectivity index (χ0) is 17.1. The molecule has 5 heteroatoms. The highest BCUT2D eigenvalue weighted by atomic mass is 35.5. The van der Waals surface area contributed by atoms with Crippen LogP contribution in [-0.2, 0) is 4.79 Å². The van der Waals surface area contributed by atoms with Crippen LogP contribution in [0.5, 0.6) is 5.75 Å². The molecular formula is C19H20ClNO3. The molecule has 0 bridgehead atoms. The van der Waals surface area contributed by atoms with Crippen LogP contribution in [-0.4, -0.2) is 35.7 Å². The molecule has 24 heavy (non-hydrogen) atoms. The van der Waals surface area contributed by atoms with Crippen LogP contribution in [0.15, 0.2) is 48.5 Å². The van der Waals surface area contributed by atoms with Crippen molar-refractivity contribution in [3.05, 3.63) is 64.7 Å². The summed E-state index contributed by atoms with van der Waals surface area (Å²) in [6.07, 6.45) is 1.52. The van der Waals surface area contributed by atoms with E-state index in [1.807, 2.05) is 53.4 Å². The van der Waals surface area contributed by atoms with E-state index in [-0.39, 0.29) is 6.04 Å². The molecule has 0 aromatic heterocycles. The van der Waals surface area contributed by atoms with E-state index in [9.17, 15) is 9.90 Å². The lowest BCUT2D eigenvalue weighted by molar-refractivity contribution is -0.142. The highest BCUT2D eigenvalue weighted by molar-refractivity contribution is 6.30. The standard InChI is InChI=1S/C19H20ClNO3/c1-24-17-10-3-2-8-15(17)18(13-6-4-7-14(20)12-13)21-11-5-9-16(21)19(22)23/h2-4,6-8,10,12,16,18H,5,9,11H2,1H3,(H,22,23). The summed E-state index contributed by atoms with van der Waals surface area (Å²) in [5.74, 6) is -0.0343. The summed E-state index contributed by atoms with van der Waals surface area (Å²) in [4.78, 5) is 13.7. The van der Waals surface area contributed by atoms with Gasteiger partial charge >= 0.3 is 5.97 Å². The molecule has 1 fully saturated rings. The summed E-state index contributed by atoms with van der Waals surface area (Å²) in [5.41, 5.74) is 1.93. The molecule has 0 amide bonds. The summed E-state index contributed by atoms with van der Waals surface area (Å²) >= 11 is 6.19. The van der Waals surface area contributed by atoms with E-state index >= 15 is 0 Å². The number of rotatable bonds is 5. The second kappa shape index (κ2) is 7.24. The number of methoxy groups -OCH3 is 1. The van der Waals surface area contributed by atoms with E-state index in [0.29, 0.717) is 11.4 Å². The Bertz CT molecular complexity index is 734. The van der Waals surface area contributed by atoms with Crippen molar-refractivity contribution >= 4 is 17.6 Å². The molecule has 126 valence electrons. The first kappa shape index (κ1) is 16.8. The fourth-order valence-electron chi connectivity index (χ4n) is 3.48. The molecule has 0 spiro atoms. The summed E-state index contributed by atoms with van der Waals surface area (Å²) < 4.78 is 5.53. The lowest BCUT2D eigenvalue weighted by atomic mass is 9.95. The Labute approximate surface area is 146 Å². The SMILES string of the molecule is COc1ccccc1C(c1cccc(Cl)c1)N1CCCC1C(=O)O. The molecule has 3 rings (SSSR count). The van der Waals surface area contributed by atoms with Gasteiger partial charge in [-0.15, -0.1) is 0 Å². The number of carboxylic acid groups (broad SMARTS) is 1. The maximum atomic E-state index is 11.7. The third-order valence-electron chi connectivity index (χ3n) is 4.51. The van der Waals surface area contributed by atoms with Crippen molar-refractivity contribution in [1.29, 1.82) is 0 Å². The van der Waals surface area contributed by atoms with Crippen molar-refractivity contribution in [2.24, 2.45) is 0 Å². The van der Waals surface area contributed by atoms with Gasteiger partial charge in [0.15, 0.2) is 0 Å². The van der Waals surface area contributed by atoms with Crippen molar-refractivity contribution in [3.63, 3.8) is 0 Å². The van der Waals surface area contributed by atoms with Crippen LogP contribution < -0.4 is 4.74 Å². The number of hydrogen-bond acceptors (Lipinski definition) is 3. The molecule has 1 N–H and O–H groups in total. The van der Waals surface area contributed by atoms with Gasteiger partial charge in [-0.25, -0.2) is 0 Å². The lowest BCUT2D eigenvalue weighted by Gasteiger charge is -2.32. The van der Waals surface area contributed by atoms with Crippen molar-refractivity contribution in [3.8, 4) is 5.75 Å². The molecular weight excluding hydrogens is 326 g/mol. The van der Waals surface area contributed by atoms with Gasteiger partial charge < -0.3 is 9.84 Å². The second-order valence-electron chi connectivity index (χ2n) is 5.93. The van der Waals surface area contributed by atoms with Gasteiger partial charge in [0.1, 0.15) is 11.8 Å². The molecule has 2 unspecified atom stereocenters. The first-order valence-corrected chi connectivity index (χ1v) is 8.36. The third kappa shape index (κ3) is 3.25. The van der Waals surface area contributed by atoms with Crippen molar-refractivity contribution < 1.29 is 14.6 Å². The van der Waals surface area contributed by atoms with Crippen molar-refractivity contribution in [2.45, 2.75) is 24.9 Å². The van der Waals surface area contributed by atoms with Crippen molar-refractivity contribution in [1.82, 2.24) is 4.90 Å². The van der Waals surface area contributed by atoms with E-state index in [0.717, 1.165) is 29.8 Å². The maximum Gasteiger partial charge on any atom is 0.320 e. The quantitative estimate of drug-likeness (QED) is 0.890. The smallest absolute Gasteiger partial charge is 0.320 e. The van der Waals surface area contributed by atoms with Crippen LogP contribution in [0.25, 0.3) is 0 Å². The molecule has 2 atom stereocenters. The highest BCUT2D eigenvalue weighted by Gasteiger charge is 2.37. The minimum absolute atomic E-state index is 0.205. The van der Waals surface area contributed by atoms with Gasteiger partial charge in [0.25, 0.3) is 0 Å². The average Bonchev–Trinajstić information content (AvgIpc) is 3.05. The van der Waals surface area contributed by atoms with E-state index in [1.165, 1.54) is 0 Å². The number of likely N-dealkylation sites (tertiary alicyclic amines) is 1. The van der Waals surface area contributed by atoms with E-state index in [4.69, 9.17) is 16.3 Å². The number of halogens is 1. The Kier molecular flexibility index (Phi) is 5.07. The summed E-state index contributed by atoms with van der Waals surface area (Å²) in [6.45, 7) is 0.728. The first-order chi connectivity index (χ1) is 11.6. The molecule has 2 aromatic carbocycles. The van der Waals surface area contributed by atoms with Gasteiger partial charge in [-0.3, -0.25) is 9.69 Å². The average molecular weight is 346 g/mol. The zero-order valence-corrected chi connectivity index (χ0v) is 14.2. The van der Waals surface area contributed by atoms with Gasteiger partial charge in [-0.1, -0.05) is 41.9 Å². The number of nitrogens with zero attached hydrogens (tertiary/aromatic N) is 1. The summed E-state index contributed by atoms with van der Waals surface area (Å²) in [5, 5.41) is 10.2. The van der Waals surface area contributed by atoms with Gasteiger partial charge in [0.2, 0.25) is 0 Å². The van der Waals surface area contributed by atoms with Gasteiger partial charge in [0, 0.05) is 17.1 Å². The Morgan fingerprint density at radius 2 is 2.08 bits per heavy atom. The summed E-state index contributed by atoms with van der Waals surface area (Å²) in [6, 6.07) is 14.6. The van der Waals surface area contributed by atoms with Gasteiger partial charge in [0.05, 0.1) is 13.2 Å². The molecule has 1 aliphatic rings. The maximum absolute atomic E-state index is 11.7. The number of benzene rings is 2. The number of aliphatic carboxylic acids is 1. The Balaban J connectivity index is 2.12. The van der Waals surface area contributed by atoms with Crippen LogP contribution in [0, 0.1) is 0 Å². The molecule has 2 aromatic rings. The highest BCUT2D eigenvalue weighted by Crippen LogP contribution is 2.39. The largest absolute Gasteiger partial charge is 0.496 e. The topological polar surface area (TPSA) is 49.8 Å². The van der Waals surface area contributed by atoms with Crippen LogP contribution >= 0.6 is 11.6 Å². The summed E-state index contributed by atoms with van der Waals surface area (Å²) in [7, 11) is 1.63. The van der Waals surface area contributed by atoms with Gasteiger partial charge in [-0.05, 0) is 36.6 Å². The zero-order valence-electron chi connectivity index (χ0n) is 13.5. The van der Waals surface area contributed by atoms with Crippen LogP contribution in [0.4, 0.5) is 0 Å². The lowest BCUT2D eigenvalue weighted by Crippen LogP contribution is -2.39. The van der Waals surface area contributed by atoms with Crippen LogP contribution in [0.2, 0.25) is 5.02 Å². The van der Waals surface area contributed by atoms with E-state index < -0.39 is 12.0 Å². The minimum atomic E-state index is -0.783. The molecule has 1 saturated heterocycles. The molecule has 0 saturated carbocycles. The molecule has 0 aliphatic carbocycles. The second-order valence-corrected chi connectivity index (χ2v) is 6.37. The Hall–Kier alpha value is -2.04.